The Labute approximate surface area is 112 Å². The van der Waals surface area contributed by atoms with E-state index in [0.717, 1.165) is 37.6 Å². The molecular formula is C14H18N4O. The van der Waals surface area contributed by atoms with Gasteiger partial charge in [0.05, 0.1) is 19.8 Å². The van der Waals surface area contributed by atoms with Crippen LogP contribution in [0.25, 0.3) is 0 Å². The molecular weight excluding hydrogens is 240 g/mol. The average Bonchev–Trinajstić information content (AvgIpc) is 2.79. The zero-order valence-electron chi connectivity index (χ0n) is 10.8. The Kier molecular flexibility index (Phi) is 3.86. The van der Waals surface area contributed by atoms with Crippen LogP contribution in [0.2, 0.25) is 0 Å². The number of pyridine rings is 1. The van der Waals surface area contributed by atoms with Gasteiger partial charge in [-0.3, -0.25) is 4.98 Å². The second kappa shape index (κ2) is 5.95. The minimum Gasteiger partial charge on any atom is -0.376 e. The van der Waals surface area contributed by atoms with Gasteiger partial charge in [-0.25, -0.2) is 4.98 Å². The number of rotatable bonds is 4. The molecule has 0 aromatic carbocycles. The monoisotopic (exact) mass is 258 g/mol. The zero-order valence-corrected chi connectivity index (χ0v) is 10.8. The SMILES string of the molecule is c1cncc(COC[C@@H]2CNCc3nccn3C2)c1. The van der Waals surface area contributed by atoms with Crippen LogP contribution in [-0.2, 0) is 24.4 Å². The number of ether oxygens (including phenoxy) is 1. The highest BCUT2D eigenvalue weighted by Crippen LogP contribution is 2.10. The molecule has 19 heavy (non-hydrogen) atoms. The fourth-order valence-corrected chi connectivity index (χ4v) is 2.34. The number of fused-ring (bicyclic) bond motifs is 1. The lowest BCUT2D eigenvalue weighted by Gasteiger charge is -2.15. The Hall–Kier alpha value is -1.72. The molecule has 3 heterocycles. The lowest BCUT2D eigenvalue weighted by atomic mass is 10.1. The van der Waals surface area contributed by atoms with Crippen molar-refractivity contribution in [2.24, 2.45) is 5.92 Å². The Bertz CT molecular complexity index is 511. The van der Waals surface area contributed by atoms with Crippen LogP contribution in [0.5, 0.6) is 0 Å². The first-order valence-corrected chi connectivity index (χ1v) is 6.59. The molecule has 0 saturated heterocycles. The van der Waals surface area contributed by atoms with E-state index < -0.39 is 0 Å². The van der Waals surface area contributed by atoms with Crippen LogP contribution in [0.15, 0.2) is 36.9 Å². The molecule has 100 valence electrons. The highest BCUT2D eigenvalue weighted by atomic mass is 16.5. The lowest BCUT2D eigenvalue weighted by molar-refractivity contribution is 0.0822. The molecule has 1 aliphatic rings. The van der Waals surface area contributed by atoms with Gasteiger partial charge < -0.3 is 14.6 Å². The minimum atomic E-state index is 0.479. The third-order valence-corrected chi connectivity index (χ3v) is 3.32. The van der Waals surface area contributed by atoms with Crippen molar-refractivity contribution in [3.05, 3.63) is 48.3 Å². The molecule has 0 radical (unpaired) electrons. The van der Waals surface area contributed by atoms with Crippen LogP contribution in [0, 0.1) is 5.92 Å². The molecule has 3 rings (SSSR count). The maximum atomic E-state index is 5.79. The normalized spacial score (nSPS) is 18.8. The van der Waals surface area contributed by atoms with Crippen molar-refractivity contribution in [3.63, 3.8) is 0 Å². The number of nitrogens with one attached hydrogen (secondary N) is 1. The first kappa shape index (κ1) is 12.3. The van der Waals surface area contributed by atoms with Gasteiger partial charge in [0.1, 0.15) is 5.82 Å². The van der Waals surface area contributed by atoms with Gasteiger partial charge in [-0.1, -0.05) is 6.07 Å². The molecule has 2 aromatic rings. The van der Waals surface area contributed by atoms with E-state index in [1.54, 1.807) is 6.20 Å². The highest BCUT2D eigenvalue weighted by molar-refractivity contribution is 5.06. The largest absolute Gasteiger partial charge is 0.376 e. The maximum absolute atomic E-state index is 5.79. The van der Waals surface area contributed by atoms with Crippen LogP contribution < -0.4 is 5.32 Å². The summed E-state index contributed by atoms with van der Waals surface area (Å²) in [5.74, 6) is 1.59. The topological polar surface area (TPSA) is 52.0 Å². The van der Waals surface area contributed by atoms with Gasteiger partial charge in [-0.15, -0.1) is 0 Å². The Morgan fingerprint density at radius 2 is 2.42 bits per heavy atom. The third kappa shape index (κ3) is 3.19. The zero-order chi connectivity index (χ0) is 12.9. The number of hydrogen-bond donors (Lipinski definition) is 1. The fraction of sp³-hybridized carbons (Fsp3) is 0.429. The number of nitrogens with zero attached hydrogens (tertiary/aromatic N) is 3. The van der Waals surface area contributed by atoms with Crippen molar-refractivity contribution in [2.45, 2.75) is 19.7 Å². The molecule has 0 fully saturated rings. The van der Waals surface area contributed by atoms with E-state index in [4.69, 9.17) is 4.74 Å². The first-order valence-electron chi connectivity index (χ1n) is 6.59. The molecule has 0 aliphatic carbocycles. The van der Waals surface area contributed by atoms with E-state index in [1.165, 1.54) is 0 Å². The summed E-state index contributed by atoms with van der Waals surface area (Å²) in [6.45, 7) is 4.15. The predicted octanol–water partition coefficient (Wildman–Crippen LogP) is 1.21. The number of aromatic nitrogens is 3. The van der Waals surface area contributed by atoms with Crippen LogP contribution in [0.4, 0.5) is 0 Å². The number of imidazole rings is 1. The molecule has 1 atom stereocenters. The van der Waals surface area contributed by atoms with Crippen molar-refractivity contribution in [1.29, 1.82) is 0 Å². The van der Waals surface area contributed by atoms with Crippen LogP contribution in [0.3, 0.4) is 0 Å². The summed E-state index contributed by atoms with van der Waals surface area (Å²) in [5, 5.41) is 3.41. The summed E-state index contributed by atoms with van der Waals surface area (Å²) in [4.78, 5) is 8.41. The van der Waals surface area contributed by atoms with Crippen molar-refractivity contribution >= 4 is 0 Å². The highest BCUT2D eigenvalue weighted by Gasteiger charge is 2.16. The summed E-state index contributed by atoms with van der Waals surface area (Å²) in [5.41, 5.74) is 1.12. The van der Waals surface area contributed by atoms with Gasteiger partial charge in [0, 0.05) is 43.8 Å². The van der Waals surface area contributed by atoms with E-state index in [1.807, 2.05) is 30.7 Å². The van der Waals surface area contributed by atoms with Crippen molar-refractivity contribution in [2.75, 3.05) is 13.2 Å². The second-order valence-electron chi connectivity index (χ2n) is 4.87. The molecule has 0 amide bonds. The van der Waals surface area contributed by atoms with E-state index >= 15 is 0 Å². The molecule has 2 aromatic heterocycles. The van der Waals surface area contributed by atoms with Crippen molar-refractivity contribution < 1.29 is 4.74 Å². The van der Waals surface area contributed by atoms with Gasteiger partial charge in [0.25, 0.3) is 0 Å². The molecule has 1 N–H and O–H groups in total. The van der Waals surface area contributed by atoms with Gasteiger partial charge in [0.2, 0.25) is 0 Å². The molecule has 5 nitrogen and oxygen atoms in total. The van der Waals surface area contributed by atoms with E-state index in [0.29, 0.717) is 12.5 Å². The number of hydrogen-bond acceptors (Lipinski definition) is 4. The van der Waals surface area contributed by atoms with Crippen LogP contribution in [0.1, 0.15) is 11.4 Å². The van der Waals surface area contributed by atoms with Crippen LogP contribution >= 0.6 is 0 Å². The molecule has 1 aliphatic heterocycles. The van der Waals surface area contributed by atoms with Gasteiger partial charge in [-0.05, 0) is 11.6 Å². The van der Waals surface area contributed by atoms with Gasteiger partial charge in [0.15, 0.2) is 0 Å². The second-order valence-corrected chi connectivity index (χ2v) is 4.87. The third-order valence-electron chi connectivity index (χ3n) is 3.32. The predicted molar refractivity (Wildman–Crippen MR) is 71.3 cm³/mol. The van der Waals surface area contributed by atoms with Crippen molar-refractivity contribution in [3.8, 4) is 0 Å². The molecule has 5 heteroatoms. The van der Waals surface area contributed by atoms with Gasteiger partial charge >= 0.3 is 0 Å². The standard InChI is InChI=1S/C14H18N4O/c1-2-12(6-15-3-1)10-19-11-13-7-16-8-14-17-4-5-18(14)9-13/h1-6,13,16H,7-11H2/t13-/m1/s1. The maximum Gasteiger partial charge on any atom is 0.122 e. The summed E-state index contributed by atoms with van der Waals surface area (Å²) < 4.78 is 8.00. The Balaban J connectivity index is 1.51. The summed E-state index contributed by atoms with van der Waals surface area (Å²) in [6.07, 6.45) is 7.52. The molecule has 0 spiro atoms. The van der Waals surface area contributed by atoms with Crippen LogP contribution in [-0.4, -0.2) is 27.7 Å². The Morgan fingerprint density at radius 3 is 3.32 bits per heavy atom. The Morgan fingerprint density at radius 1 is 1.42 bits per heavy atom. The smallest absolute Gasteiger partial charge is 0.122 e. The first-order chi connectivity index (χ1) is 9.42. The van der Waals surface area contributed by atoms with E-state index in [2.05, 4.69) is 19.9 Å². The summed E-state index contributed by atoms with van der Waals surface area (Å²) >= 11 is 0. The van der Waals surface area contributed by atoms with Crippen molar-refractivity contribution in [1.82, 2.24) is 19.9 Å². The fourth-order valence-electron chi connectivity index (χ4n) is 2.34. The van der Waals surface area contributed by atoms with E-state index in [9.17, 15) is 0 Å². The lowest BCUT2D eigenvalue weighted by Crippen LogP contribution is -2.25. The summed E-state index contributed by atoms with van der Waals surface area (Å²) in [7, 11) is 0. The van der Waals surface area contributed by atoms with Gasteiger partial charge in [-0.2, -0.15) is 0 Å². The quantitative estimate of drug-likeness (QED) is 0.895. The molecule has 0 bridgehead atoms. The van der Waals surface area contributed by atoms with E-state index in [-0.39, 0.29) is 0 Å². The molecule has 0 unspecified atom stereocenters. The summed E-state index contributed by atoms with van der Waals surface area (Å²) in [6, 6.07) is 3.97. The average molecular weight is 258 g/mol. The minimum absolute atomic E-state index is 0.479. The molecule has 0 saturated carbocycles.